The quantitative estimate of drug-likeness (QED) is 0.521. The number of nitro benzene ring substituents is 1. The van der Waals surface area contributed by atoms with Crippen LogP contribution < -0.4 is 0 Å². The van der Waals surface area contributed by atoms with Gasteiger partial charge in [-0.05, 0) is 6.07 Å². The van der Waals surface area contributed by atoms with Crippen molar-refractivity contribution in [1.82, 2.24) is 9.88 Å². The van der Waals surface area contributed by atoms with Crippen LogP contribution in [0.4, 0.5) is 5.69 Å². The first-order valence-electron chi connectivity index (χ1n) is 5.44. The molecule has 0 fully saturated rings. The van der Waals surface area contributed by atoms with Crippen LogP contribution >= 0.6 is 0 Å². The third-order valence-corrected chi connectivity index (χ3v) is 2.67. The number of nitrogens with zero attached hydrogens (tertiary/aromatic N) is 2. The van der Waals surface area contributed by atoms with E-state index in [-0.39, 0.29) is 17.3 Å². The van der Waals surface area contributed by atoms with Crippen LogP contribution in [-0.2, 0) is 0 Å². The number of H-pyrrole nitrogens is 1. The van der Waals surface area contributed by atoms with E-state index in [0.29, 0.717) is 10.9 Å². The number of hydrogen-bond donors (Lipinski definition) is 1. The summed E-state index contributed by atoms with van der Waals surface area (Å²) >= 11 is 0. The van der Waals surface area contributed by atoms with E-state index in [4.69, 9.17) is 0 Å². The maximum Gasteiger partial charge on any atom is 0.293 e. The van der Waals surface area contributed by atoms with Gasteiger partial charge in [0, 0.05) is 24.7 Å². The second kappa shape index (κ2) is 4.80. The van der Waals surface area contributed by atoms with Crippen LogP contribution in [0.2, 0.25) is 0 Å². The Hall–Kier alpha value is -2.85. The Morgan fingerprint density at radius 1 is 1.58 bits per heavy atom. The van der Waals surface area contributed by atoms with E-state index in [9.17, 15) is 14.9 Å². The van der Waals surface area contributed by atoms with Gasteiger partial charge < -0.3 is 9.88 Å². The summed E-state index contributed by atoms with van der Waals surface area (Å²) in [5.74, 6) is -0.318. The normalized spacial score (nSPS) is 9.95. The van der Waals surface area contributed by atoms with Crippen LogP contribution in [0.25, 0.3) is 10.9 Å². The lowest BCUT2D eigenvalue weighted by Crippen LogP contribution is -2.20. The minimum absolute atomic E-state index is 0.0570. The molecule has 6 heteroatoms. The molecule has 1 N–H and O–H groups in total. The van der Waals surface area contributed by atoms with Crippen molar-refractivity contribution >= 4 is 22.5 Å². The zero-order valence-corrected chi connectivity index (χ0v) is 10.2. The lowest BCUT2D eigenvalue weighted by Gasteiger charge is -2.08. The molecule has 19 heavy (non-hydrogen) atoms. The van der Waals surface area contributed by atoms with Crippen LogP contribution in [0.5, 0.6) is 0 Å². The number of carbonyl (C=O) groups excluding carboxylic acids is 1. The molecule has 0 aliphatic rings. The maximum absolute atomic E-state index is 12.0. The van der Waals surface area contributed by atoms with Crippen molar-refractivity contribution in [3.05, 3.63) is 58.6 Å². The first kappa shape index (κ1) is 12.6. The minimum Gasteiger partial charge on any atom is -0.345 e. The molecule has 2 aromatic rings. The number of rotatable bonds is 3. The minimum atomic E-state index is -0.486. The second-order valence-electron chi connectivity index (χ2n) is 3.93. The maximum atomic E-state index is 12.0. The third-order valence-electron chi connectivity index (χ3n) is 2.67. The van der Waals surface area contributed by atoms with E-state index in [2.05, 4.69) is 17.3 Å². The van der Waals surface area contributed by atoms with Gasteiger partial charge in [-0.15, -0.1) is 5.73 Å². The van der Waals surface area contributed by atoms with E-state index in [1.54, 1.807) is 25.2 Å². The van der Waals surface area contributed by atoms with Crippen molar-refractivity contribution in [2.24, 2.45) is 0 Å². The lowest BCUT2D eigenvalue weighted by molar-refractivity contribution is -0.383. The van der Waals surface area contributed by atoms with Crippen LogP contribution in [0.3, 0.4) is 0 Å². The lowest BCUT2D eigenvalue weighted by atomic mass is 10.2. The molecule has 0 aliphatic heterocycles. The molecule has 1 aromatic carbocycles. The van der Waals surface area contributed by atoms with Gasteiger partial charge in [0.2, 0.25) is 0 Å². The van der Waals surface area contributed by atoms with Crippen molar-refractivity contribution in [3.8, 4) is 0 Å². The van der Waals surface area contributed by atoms with Gasteiger partial charge >= 0.3 is 0 Å². The molecule has 2 rings (SSSR count). The first-order valence-corrected chi connectivity index (χ1v) is 5.44. The Balaban J connectivity index is 2.53. The Labute approximate surface area is 108 Å². The Kier molecular flexibility index (Phi) is 3.18. The summed E-state index contributed by atoms with van der Waals surface area (Å²) in [7, 11) is 1.56. The highest BCUT2D eigenvalue weighted by Crippen LogP contribution is 2.25. The summed E-state index contributed by atoms with van der Waals surface area (Å²) in [6, 6.07) is 6.26. The first-order chi connectivity index (χ1) is 9.04. The van der Waals surface area contributed by atoms with E-state index < -0.39 is 4.92 Å². The van der Waals surface area contributed by atoms with Gasteiger partial charge in [-0.25, -0.2) is 0 Å². The number of hydrogen-bond acceptors (Lipinski definition) is 3. The fourth-order valence-electron chi connectivity index (χ4n) is 1.79. The van der Waals surface area contributed by atoms with Crippen LogP contribution in [0.1, 0.15) is 10.5 Å². The number of aromatic nitrogens is 1. The molecule has 1 amide bonds. The van der Waals surface area contributed by atoms with Gasteiger partial charge in [-0.3, -0.25) is 14.9 Å². The topological polar surface area (TPSA) is 79.2 Å². The summed E-state index contributed by atoms with van der Waals surface area (Å²) < 4.78 is 0. The summed E-state index contributed by atoms with van der Waals surface area (Å²) in [6.45, 7) is 3.38. The van der Waals surface area contributed by atoms with Crippen molar-refractivity contribution in [3.63, 3.8) is 0 Å². The Bertz CT molecular complexity index is 711. The highest BCUT2D eigenvalue weighted by Gasteiger charge is 2.18. The Morgan fingerprint density at radius 2 is 2.32 bits per heavy atom. The van der Waals surface area contributed by atoms with Crippen molar-refractivity contribution in [2.45, 2.75) is 0 Å². The van der Waals surface area contributed by atoms with Gasteiger partial charge in [0.05, 0.1) is 4.92 Å². The van der Waals surface area contributed by atoms with Gasteiger partial charge in [0.1, 0.15) is 11.2 Å². The molecule has 6 nitrogen and oxygen atoms in total. The second-order valence-corrected chi connectivity index (χ2v) is 3.93. The van der Waals surface area contributed by atoms with Gasteiger partial charge in [0.25, 0.3) is 11.6 Å². The zero-order chi connectivity index (χ0) is 14.0. The molecule has 96 valence electrons. The number of non-ortho nitro benzene ring substituents is 1. The molecule has 1 aromatic heterocycles. The predicted octanol–water partition coefficient (Wildman–Crippen LogP) is 2.45. The molecular weight excluding hydrogens is 246 g/mol. The summed E-state index contributed by atoms with van der Waals surface area (Å²) in [4.78, 5) is 26.5. The summed E-state index contributed by atoms with van der Waals surface area (Å²) in [6.07, 6.45) is 1.39. The molecule has 0 unspecified atom stereocenters. The number of amides is 1. The average Bonchev–Trinajstić information content (AvgIpc) is 2.81. The van der Waals surface area contributed by atoms with Crippen LogP contribution in [0, 0.1) is 10.1 Å². The number of fused-ring (bicyclic) bond motifs is 1. The number of nitrogens with one attached hydrogen (secondary N) is 1. The molecule has 0 bridgehead atoms. The van der Waals surface area contributed by atoms with E-state index in [0.717, 1.165) is 0 Å². The fourth-order valence-corrected chi connectivity index (χ4v) is 1.79. The Morgan fingerprint density at radius 3 is 2.95 bits per heavy atom. The van der Waals surface area contributed by atoms with Gasteiger partial charge in [-0.1, -0.05) is 18.7 Å². The molecule has 0 saturated carbocycles. The molecule has 0 radical (unpaired) electrons. The van der Waals surface area contributed by atoms with Gasteiger partial charge in [0.15, 0.2) is 0 Å². The third kappa shape index (κ3) is 2.25. The highest BCUT2D eigenvalue weighted by molar-refractivity contribution is 6.00. The monoisotopic (exact) mass is 257 g/mol. The van der Waals surface area contributed by atoms with E-state index in [1.165, 1.54) is 17.2 Å². The molecule has 0 spiro atoms. The van der Waals surface area contributed by atoms with E-state index in [1.807, 2.05) is 0 Å². The SMILES string of the molecule is C=C=CN(C)C(=O)c1cc2cccc([N+](=O)[O-])c2[nH]1. The van der Waals surface area contributed by atoms with Crippen LogP contribution in [0.15, 0.2) is 42.8 Å². The molecule has 1 heterocycles. The molecule has 0 aliphatic carbocycles. The number of nitro groups is 1. The highest BCUT2D eigenvalue weighted by atomic mass is 16.6. The van der Waals surface area contributed by atoms with Crippen molar-refractivity contribution < 1.29 is 9.72 Å². The summed E-state index contributed by atoms with van der Waals surface area (Å²) in [5.41, 5.74) is 3.05. The van der Waals surface area contributed by atoms with Crippen LogP contribution in [-0.4, -0.2) is 27.8 Å². The fraction of sp³-hybridized carbons (Fsp3) is 0.0769. The predicted molar refractivity (Wildman–Crippen MR) is 70.8 cm³/mol. The largest absolute Gasteiger partial charge is 0.345 e. The van der Waals surface area contributed by atoms with Gasteiger partial charge in [-0.2, -0.15) is 0 Å². The van der Waals surface area contributed by atoms with Crippen molar-refractivity contribution in [1.29, 1.82) is 0 Å². The molecular formula is C13H11N3O3. The number of aromatic amines is 1. The summed E-state index contributed by atoms with van der Waals surface area (Å²) in [5, 5.41) is 11.5. The standard InChI is InChI=1S/C13H11N3O3/c1-3-7-15(2)13(17)10-8-9-5-4-6-11(16(18)19)12(9)14-10/h4-8,14H,1H2,2H3. The zero-order valence-electron chi connectivity index (χ0n) is 10.2. The van der Waals surface area contributed by atoms with Crippen molar-refractivity contribution in [2.75, 3.05) is 7.05 Å². The number of benzene rings is 1. The average molecular weight is 257 g/mol. The van der Waals surface area contributed by atoms with E-state index >= 15 is 0 Å². The molecule has 0 atom stereocenters. The molecule has 0 saturated heterocycles. The smallest absolute Gasteiger partial charge is 0.293 e. The number of carbonyl (C=O) groups is 1. The number of para-hydroxylation sites is 1.